The summed E-state index contributed by atoms with van der Waals surface area (Å²) in [7, 11) is -3.55. The van der Waals surface area contributed by atoms with Crippen LogP contribution in [-0.4, -0.2) is 72.8 Å². The Morgan fingerprint density at radius 2 is 1.73 bits per heavy atom. The number of piperazine rings is 1. The van der Waals surface area contributed by atoms with Gasteiger partial charge in [-0.1, -0.05) is 11.6 Å². The zero-order chi connectivity index (χ0) is 21.1. The van der Waals surface area contributed by atoms with E-state index in [0.29, 0.717) is 57.1 Å². The van der Waals surface area contributed by atoms with Crippen LogP contribution in [-0.2, 0) is 14.8 Å². The maximum Gasteiger partial charge on any atom is 0.244 e. The van der Waals surface area contributed by atoms with Crippen LogP contribution in [0.25, 0.3) is 0 Å². The van der Waals surface area contributed by atoms with E-state index in [4.69, 9.17) is 11.6 Å². The highest BCUT2D eigenvalue weighted by molar-refractivity contribution is 7.89. The lowest BCUT2D eigenvalue weighted by atomic mass is 9.96. The van der Waals surface area contributed by atoms with Crippen LogP contribution in [0.1, 0.15) is 12.8 Å². The van der Waals surface area contributed by atoms with E-state index in [1.807, 2.05) is 17.0 Å². The Morgan fingerprint density at radius 3 is 2.33 bits per heavy atom. The molecule has 160 valence electrons. The number of amides is 1. The van der Waals surface area contributed by atoms with E-state index >= 15 is 0 Å². The molecule has 10 heteroatoms. The third-order valence-electron chi connectivity index (χ3n) is 5.70. The topological polar surface area (TPSA) is 86.7 Å². The molecule has 0 atom stereocenters. The van der Waals surface area contributed by atoms with E-state index in [-0.39, 0.29) is 16.7 Å². The van der Waals surface area contributed by atoms with Crippen LogP contribution >= 0.6 is 11.6 Å². The minimum Gasteiger partial charge on any atom is -0.353 e. The molecule has 1 amide bonds. The SMILES string of the molecule is O=C(C1CCN(S(=O)(=O)c2cccnc2)CC1)N1CCN(c2ccc(Cl)cn2)CC1. The maximum absolute atomic E-state index is 13.0. The number of pyridine rings is 2. The fraction of sp³-hybridized carbons (Fsp3) is 0.450. The first kappa shape index (κ1) is 21.0. The quantitative estimate of drug-likeness (QED) is 0.708. The second kappa shape index (κ2) is 8.87. The van der Waals surface area contributed by atoms with E-state index in [0.717, 1.165) is 5.82 Å². The van der Waals surface area contributed by atoms with Crippen LogP contribution in [0.3, 0.4) is 0 Å². The molecule has 0 aliphatic carbocycles. The summed E-state index contributed by atoms with van der Waals surface area (Å²) in [5.41, 5.74) is 0. The molecule has 0 N–H and O–H groups in total. The molecule has 2 aliphatic rings. The van der Waals surface area contributed by atoms with Crippen molar-refractivity contribution in [3.8, 4) is 0 Å². The Bertz CT molecular complexity index is 971. The van der Waals surface area contributed by atoms with E-state index in [1.54, 1.807) is 24.5 Å². The second-order valence-corrected chi connectivity index (χ2v) is 9.89. The maximum atomic E-state index is 13.0. The summed E-state index contributed by atoms with van der Waals surface area (Å²) in [6.07, 6.45) is 5.62. The number of carbonyl (C=O) groups excluding carboxylic acids is 1. The molecule has 0 radical (unpaired) electrons. The number of hydrogen-bond donors (Lipinski definition) is 0. The van der Waals surface area contributed by atoms with Gasteiger partial charge < -0.3 is 9.80 Å². The molecule has 0 aromatic carbocycles. The van der Waals surface area contributed by atoms with Crippen LogP contribution in [0.4, 0.5) is 5.82 Å². The molecule has 2 aromatic rings. The predicted octanol–water partition coefficient (Wildman–Crippen LogP) is 1.88. The lowest BCUT2D eigenvalue weighted by Gasteiger charge is -2.38. The molecule has 0 saturated carbocycles. The third kappa shape index (κ3) is 4.43. The Balaban J connectivity index is 1.30. The van der Waals surface area contributed by atoms with Crippen molar-refractivity contribution in [1.82, 2.24) is 19.2 Å². The monoisotopic (exact) mass is 449 g/mol. The molecule has 4 rings (SSSR count). The fourth-order valence-corrected chi connectivity index (χ4v) is 5.51. The summed E-state index contributed by atoms with van der Waals surface area (Å²) >= 11 is 5.90. The summed E-state index contributed by atoms with van der Waals surface area (Å²) in [4.78, 5) is 25.4. The smallest absolute Gasteiger partial charge is 0.244 e. The summed E-state index contributed by atoms with van der Waals surface area (Å²) in [5.74, 6) is 0.850. The summed E-state index contributed by atoms with van der Waals surface area (Å²) in [6, 6.07) is 6.87. The van der Waals surface area contributed by atoms with Gasteiger partial charge in [-0.25, -0.2) is 13.4 Å². The van der Waals surface area contributed by atoms with Gasteiger partial charge in [0.1, 0.15) is 10.7 Å². The normalized spacial score (nSPS) is 19.1. The third-order valence-corrected chi connectivity index (χ3v) is 7.81. The summed E-state index contributed by atoms with van der Waals surface area (Å²) in [5, 5.41) is 0.601. The number of piperidine rings is 1. The molecule has 2 aromatic heterocycles. The van der Waals surface area contributed by atoms with Crippen molar-refractivity contribution in [1.29, 1.82) is 0 Å². The molecule has 2 saturated heterocycles. The van der Waals surface area contributed by atoms with Crippen LogP contribution < -0.4 is 4.90 Å². The Hall–Kier alpha value is -2.23. The molecule has 2 aliphatic heterocycles. The number of hydrogen-bond acceptors (Lipinski definition) is 6. The Labute approximate surface area is 181 Å². The highest BCUT2D eigenvalue weighted by atomic mass is 35.5. The minimum absolute atomic E-state index is 0.122. The van der Waals surface area contributed by atoms with Crippen LogP contribution in [0, 0.1) is 5.92 Å². The highest BCUT2D eigenvalue weighted by Crippen LogP contribution is 2.25. The van der Waals surface area contributed by atoms with Gasteiger partial charge in [-0.15, -0.1) is 0 Å². The van der Waals surface area contributed by atoms with Crippen molar-refractivity contribution in [3.05, 3.63) is 47.9 Å². The standard InChI is InChI=1S/C20H24ClN5O3S/c21-17-3-4-19(23-14-17)24-10-12-25(13-11-24)20(27)16-5-8-26(9-6-16)30(28,29)18-2-1-7-22-15-18/h1-4,7,14-16H,5-6,8-13H2. The second-order valence-electron chi connectivity index (χ2n) is 7.51. The molecular formula is C20H24ClN5O3S. The minimum atomic E-state index is -3.55. The van der Waals surface area contributed by atoms with E-state index in [2.05, 4.69) is 14.9 Å². The zero-order valence-corrected chi connectivity index (χ0v) is 18.1. The summed E-state index contributed by atoms with van der Waals surface area (Å²) in [6.45, 7) is 3.41. The molecule has 0 bridgehead atoms. The van der Waals surface area contributed by atoms with Crippen molar-refractivity contribution in [2.75, 3.05) is 44.2 Å². The van der Waals surface area contributed by atoms with E-state index in [9.17, 15) is 13.2 Å². The first-order valence-electron chi connectivity index (χ1n) is 10.0. The Morgan fingerprint density at radius 1 is 1.00 bits per heavy atom. The first-order chi connectivity index (χ1) is 14.4. The van der Waals surface area contributed by atoms with Gasteiger partial charge in [0.05, 0.1) is 5.02 Å². The molecule has 0 unspecified atom stereocenters. The highest BCUT2D eigenvalue weighted by Gasteiger charge is 2.34. The summed E-state index contributed by atoms with van der Waals surface area (Å²) < 4.78 is 26.9. The predicted molar refractivity (Wildman–Crippen MR) is 114 cm³/mol. The molecule has 4 heterocycles. The number of sulfonamides is 1. The van der Waals surface area contributed by atoms with Crippen LogP contribution in [0.5, 0.6) is 0 Å². The average Bonchev–Trinajstić information content (AvgIpc) is 2.80. The number of aromatic nitrogens is 2. The number of nitrogens with zero attached hydrogens (tertiary/aromatic N) is 5. The molecule has 2 fully saturated rings. The van der Waals surface area contributed by atoms with Gasteiger partial charge in [0, 0.05) is 63.8 Å². The lowest BCUT2D eigenvalue weighted by molar-refractivity contribution is -0.137. The van der Waals surface area contributed by atoms with Gasteiger partial charge in [-0.2, -0.15) is 4.31 Å². The zero-order valence-electron chi connectivity index (χ0n) is 16.5. The van der Waals surface area contributed by atoms with Crippen molar-refractivity contribution >= 4 is 33.3 Å². The van der Waals surface area contributed by atoms with E-state index in [1.165, 1.54) is 10.5 Å². The van der Waals surface area contributed by atoms with Gasteiger partial charge >= 0.3 is 0 Å². The number of rotatable bonds is 4. The fourth-order valence-electron chi connectivity index (χ4n) is 3.96. The van der Waals surface area contributed by atoms with E-state index < -0.39 is 10.0 Å². The molecule has 8 nitrogen and oxygen atoms in total. The van der Waals surface area contributed by atoms with Crippen molar-refractivity contribution in [2.45, 2.75) is 17.7 Å². The molecule has 0 spiro atoms. The van der Waals surface area contributed by atoms with Crippen LogP contribution in [0.2, 0.25) is 5.02 Å². The molecule has 30 heavy (non-hydrogen) atoms. The average molecular weight is 450 g/mol. The lowest BCUT2D eigenvalue weighted by Crippen LogP contribution is -2.52. The Kier molecular flexibility index (Phi) is 6.21. The van der Waals surface area contributed by atoms with Crippen molar-refractivity contribution < 1.29 is 13.2 Å². The number of carbonyl (C=O) groups is 1. The van der Waals surface area contributed by atoms with Crippen molar-refractivity contribution in [2.24, 2.45) is 5.92 Å². The van der Waals surface area contributed by atoms with Gasteiger partial charge in [0.25, 0.3) is 0 Å². The number of anilines is 1. The largest absolute Gasteiger partial charge is 0.353 e. The van der Waals surface area contributed by atoms with Gasteiger partial charge in [0.15, 0.2) is 0 Å². The van der Waals surface area contributed by atoms with Crippen LogP contribution in [0.15, 0.2) is 47.8 Å². The first-order valence-corrected chi connectivity index (χ1v) is 11.8. The number of halogens is 1. The van der Waals surface area contributed by atoms with Gasteiger partial charge in [-0.3, -0.25) is 9.78 Å². The van der Waals surface area contributed by atoms with Gasteiger partial charge in [0.2, 0.25) is 15.9 Å². The van der Waals surface area contributed by atoms with Gasteiger partial charge in [-0.05, 0) is 37.1 Å². The van der Waals surface area contributed by atoms with Crippen molar-refractivity contribution in [3.63, 3.8) is 0 Å². The molecular weight excluding hydrogens is 426 g/mol.